The summed E-state index contributed by atoms with van der Waals surface area (Å²) in [7, 11) is 3.90. The van der Waals surface area contributed by atoms with Gasteiger partial charge in [0.15, 0.2) is 5.65 Å². The standard InChI is InChI=1S/C27H34N6O/c1-15(2)24-25(21-13-33-27(28-14-29-33)17(4)16(21)3)31-23-8-7-22(30-26(23)24)19-9-18(10-19)11-20(34)12-32(5)6/h7-8,13-15,18-19,31H,9-12H2,1-6H3. The Morgan fingerprint density at radius 3 is 2.68 bits per heavy atom. The third kappa shape index (κ3) is 3.92. The number of fused-ring (bicyclic) bond motifs is 2. The highest BCUT2D eigenvalue weighted by atomic mass is 16.1. The van der Waals surface area contributed by atoms with Crippen molar-refractivity contribution in [2.24, 2.45) is 5.92 Å². The SMILES string of the molecule is Cc1c(-c2[nH]c3ccc(C4CC(CC(=O)CN(C)C)C4)nc3c2C(C)C)cn2ncnc2c1C. The van der Waals surface area contributed by atoms with Crippen LogP contribution in [0.2, 0.25) is 0 Å². The first-order valence-electron chi connectivity index (χ1n) is 12.2. The number of carbonyl (C=O) groups is 1. The molecule has 7 heteroatoms. The molecule has 0 aromatic carbocycles. The molecular formula is C27H34N6O. The summed E-state index contributed by atoms with van der Waals surface area (Å²) < 4.78 is 1.86. The topological polar surface area (TPSA) is 79.2 Å². The van der Waals surface area contributed by atoms with Gasteiger partial charge in [-0.3, -0.25) is 9.78 Å². The molecule has 5 rings (SSSR count). The lowest BCUT2D eigenvalue weighted by atomic mass is 9.71. The molecule has 1 aliphatic carbocycles. The van der Waals surface area contributed by atoms with Crippen LogP contribution in [0.3, 0.4) is 0 Å². The number of pyridine rings is 2. The van der Waals surface area contributed by atoms with E-state index in [1.807, 2.05) is 23.5 Å². The number of nitrogens with one attached hydrogen (secondary N) is 1. The lowest BCUT2D eigenvalue weighted by Gasteiger charge is -2.34. The molecule has 4 aromatic rings. The van der Waals surface area contributed by atoms with Gasteiger partial charge in [0.25, 0.3) is 0 Å². The van der Waals surface area contributed by atoms with Gasteiger partial charge in [0, 0.05) is 35.4 Å². The highest BCUT2D eigenvalue weighted by Crippen LogP contribution is 2.44. The molecular weight excluding hydrogens is 424 g/mol. The molecule has 4 aromatic heterocycles. The molecule has 34 heavy (non-hydrogen) atoms. The van der Waals surface area contributed by atoms with Crippen molar-refractivity contribution in [3.05, 3.63) is 47.0 Å². The number of Topliss-reactive ketones (excluding diaryl/α,β-unsaturated/α-hetero) is 1. The van der Waals surface area contributed by atoms with Crippen molar-refractivity contribution in [3.8, 4) is 11.3 Å². The normalized spacial score (nSPS) is 18.4. The average Bonchev–Trinajstić information content (AvgIpc) is 3.36. The number of ketones is 1. The van der Waals surface area contributed by atoms with Crippen molar-refractivity contribution >= 4 is 22.5 Å². The molecule has 0 spiro atoms. The van der Waals surface area contributed by atoms with Crippen LogP contribution in [-0.4, -0.2) is 55.9 Å². The van der Waals surface area contributed by atoms with Gasteiger partial charge in [-0.1, -0.05) is 13.8 Å². The number of nitrogens with zero attached hydrogens (tertiary/aromatic N) is 5. The second-order valence-corrected chi connectivity index (χ2v) is 10.5. The predicted molar refractivity (Wildman–Crippen MR) is 135 cm³/mol. The fourth-order valence-electron chi connectivity index (χ4n) is 5.44. The molecule has 0 aliphatic heterocycles. The number of H-pyrrole nitrogens is 1. The number of rotatable bonds is 7. The van der Waals surface area contributed by atoms with Crippen molar-refractivity contribution in [2.75, 3.05) is 20.6 Å². The molecule has 178 valence electrons. The maximum absolute atomic E-state index is 12.2. The average molecular weight is 459 g/mol. The Bertz CT molecular complexity index is 1370. The number of aryl methyl sites for hydroxylation is 1. The minimum Gasteiger partial charge on any atom is -0.353 e. The van der Waals surface area contributed by atoms with Crippen LogP contribution >= 0.6 is 0 Å². The van der Waals surface area contributed by atoms with E-state index in [0.717, 1.165) is 52.0 Å². The predicted octanol–water partition coefficient (Wildman–Crippen LogP) is 5.03. The van der Waals surface area contributed by atoms with Gasteiger partial charge in [-0.2, -0.15) is 5.10 Å². The zero-order chi connectivity index (χ0) is 24.1. The van der Waals surface area contributed by atoms with Gasteiger partial charge >= 0.3 is 0 Å². The van der Waals surface area contributed by atoms with Gasteiger partial charge in [0.05, 0.1) is 23.3 Å². The molecule has 1 N–H and O–H groups in total. The highest BCUT2D eigenvalue weighted by Gasteiger charge is 2.33. The molecule has 4 heterocycles. The third-order valence-corrected chi connectivity index (χ3v) is 7.34. The van der Waals surface area contributed by atoms with Crippen LogP contribution in [0.15, 0.2) is 24.7 Å². The molecule has 0 unspecified atom stereocenters. The first kappa shape index (κ1) is 22.7. The molecule has 0 radical (unpaired) electrons. The Balaban J connectivity index is 1.47. The van der Waals surface area contributed by atoms with Crippen molar-refractivity contribution in [2.45, 2.75) is 58.8 Å². The summed E-state index contributed by atoms with van der Waals surface area (Å²) in [6.07, 6.45) is 6.46. The van der Waals surface area contributed by atoms with Crippen LogP contribution in [0, 0.1) is 19.8 Å². The number of hydrogen-bond donors (Lipinski definition) is 1. The molecule has 1 aliphatic rings. The second kappa shape index (κ2) is 8.62. The fourth-order valence-corrected chi connectivity index (χ4v) is 5.44. The van der Waals surface area contributed by atoms with Crippen molar-refractivity contribution < 1.29 is 4.79 Å². The second-order valence-electron chi connectivity index (χ2n) is 10.5. The van der Waals surface area contributed by atoms with E-state index in [-0.39, 0.29) is 0 Å². The van der Waals surface area contributed by atoms with E-state index >= 15 is 0 Å². The first-order chi connectivity index (χ1) is 16.2. The number of aromatic amines is 1. The summed E-state index contributed by atoms with van der Waals surface area (Å²) in [5.41, 5.74) is 10.0. The summed E-state index contributed by atoms with van der Waals surface area (Å²) in [5.74, 6) is 1.58. The molecule has 0 amide bonds. The van der Waals surface area contributed by atoms with E-state index < -0.39 is 0 Å². The van der Waals surface area contributed by atoms with Crippen molar-refractivity contribution in [3.63, 3.8) is 0 Å². The maximum atomic E-state index is 12.2. The van der Waals surface area contributed by atoms with Gasteiger partial charge in [-0.25, -0.2) is 9.50 Å². The minimum absolute atomic E-state index is 0.315. The Hall–Kier alpha value is -3.06. The van der Waals surface area contributed by atoms with E-state index in [2.05, 4.69) is 61.1 Å². The van der Waals surface area contributed by atoms with Crippen LogP contribution < -0.4 is 0 Å². The number of aromatic nitrogens is 5. The summed E-state index contributed by atoms with van der Waals surface area (Å²) in [6, 6.07) is 4.34. The van der Waals surface area contributed by atoms with E-state index in [4.69, 9.17) is 4.98 Å². The summed E-state index contributed by atoms with van der Waals surface area (Å²) in [6.45, 7) is 9.25. The third-order valence-electron chi connectivity index (χ3n) is 7.34. The van der Waals surface area contributed by atoms with Crippen LogP contribution in [0.5, 0.6) is 0 Å². The lowest BCUT2D eigenvalue weighted by molar-refractivity contribution is -0.121. The van der Waals surface area contributed by atoms with E-state index in [1.54, 1.807) is 6.33 Å². The van der Waals surface area contributed by atoms with E-state index in [0.29, 0.717) is 36.5 Å². The number of hydrogen-bond acceptors (Lipinski definition) is 5. The molecule has 0 atom stereocenters. The maximum Gasteiger partial charge on any atom is 0.158 e. The van der Waals surface area contributed by atoms with Gasteiger partial charge in [0.2, 0.25) is 0 Å². The molecule has 0 bridgehead atoms. The largest absolute Gasteiger partial charge is 0.353 e. The number of likely N-dealkylation sites (N-methyl/N-ethyl adjacent to an activating group) is 1. The zero-order valence-corrected chi connectivity index (χ0v) is 21.0. The smallest absolute Gasteiger partial charge is 0.158 e. The van der Waals surface area contributed by atoms with E-state index in [9.17, 15) is 4.79 Å². The van der Waals surface area contributed by atoms with Crippen LogP contribution in [-0.2, 0) is 4.79 Å². The molecule has 1 saturated carbocycles. The number of carbonyl (C=O) groups excluding carboxylic acids is 1. The molecule has 0 saturated heterocycles. The first-order valence-corrected chi connectivity index (χ1v) is 12.2. The summed E-state index contributed by atoms with van der Waals surface area (Å²) in [5, 5.41) is 4.38. The monoisotopic (exact) mass is 458 g/mol. The Labute approximate surface area is 200 Å². The van der Waals surface area contributed by atoms with Crippen molar-refractivity contribution in [1.29, 1.82) is 0 Å². The lowest BCUT2D eigenvalue weighted by Crippen LogP contribution is -2.29. The van der Waals surface area contributed by atoms with Crippen molar-refractivity contribution in [1.82, 2.24) is 29.5 Å². The Morgan fingerprint density at radius 1 is 1.21 bits per heavy atom. The summed E-state index contributed by atoms with van der Waals surface area (Å²) in [4.78, 5) is 27.4. The quantitative estimate of drug-likeness (QED) is 0.420. The Kier molecular flexibility index (Phi) is 5.76. The van der Waals surface area contributed by atoms with Crippen LogP contribution in [0.25, 0.3) is 27.9 Å². The van der Waals surface area contributed by atoms with Gasteiger partial charge in [-0.05, 0) is 75.9 Å². The zero-order valence-electron chi connectivity index (χ0n) is 21.0. The Morgan fingerprint density at radius 2 is 1.97 bits per heavy atom. The summed E-state index contributed by atoms with van der Waals surface area (Å²) >= 11 is 0. The van der Waals surface area contributed by atoms with Gasteiger partial charge in [0.1, 0.15) is 12.1 Å². The van der Waals surface area contributed by atoms with Gasteiger partial charge in [-0.15, -0.1) is 0 Å². The van der Waals surface area contributed by atoms with Crippen LogP contribution in [0.4, 0.5) is 0 Å². The van der Waals surface area contributed by atoms with Crippen LogP contribution in [0.1, 0.15) is 67.3 Å². The van der Waals surface area contributed by atoms with Gasteiger partial charge < -0.3 is 9.88 Å². The molecule has 1 fully saturated rings. The van der Waals surface area contributed by atoms with E-state index in [1.165, 1.54) is 11.1 Å². The fraction of sp³-hybridized carbons (Fsp3) is 0.481. The molecule has 7 nitrogen and oxygen atoms in total. The minimum atomic E-state index is 0.315. The highest BCUT2D eigenvalue weighted by molar-refractivity contribution is 5.89.